The number of anilines is 1. The number of methoxy groups -OCH3 is 1. The second kappa shape index (κ2) is 9.04. The van der Waals surface area contributed by atoms with Crippen LogP contribution in [0.4, 0.5) is 5.69 Å². The minimum absolute atomic E-state index is 0.0918. The standard InChI is InChI=1S/C19H25N3O4S2/c1-14(19(23)20-16-5-3-6-17(13-16)26-2)22-10-8-15(9-11-22)21-28(24,25)18-7-4-12-27-18/h3-7,12-15,21H,8-11H2,1-2H3,(H,20,23)/t14-/m0/s1. The molecule has 3 rings (SSSR count). The third-order valence-corrected chi connectivity index (χ3v) is 7.79. The molecule has 2 heterocycles. The summed E-state index contributed by atoms with van der Waals surface area (Å²) in [5.74, 6) is 0.593. The van der Waals surface area contributed by atoms with Crippen molar-refractivity contribution in [2.75, 3.05) is 25.5 Å². The molecule has 0 bridgehead atoms. The minimum atomic E-state index is -3.46. The number of rotatable bonds is 7. The van der Waals surface area contributed by atoms with Gasteiger partial charge in [-0.3, -0.25) is 9.69 Å². The van der Waals surface area contributed by atoms with E-state index in [0.29, 0.717) is 41.6 Å². The number of nitrogens with one attached hydrogen (secondary N) is 2. The Morgan fingerprint density at radius 3 is 2.64 bits per heavy atom. The molecular formula is C19H25N3O4S2. The molecule has 0 spiro atoms. The predicted molar refractivity (Wildman–Crippen MR) is 110 cm³/mol. The van der Waals surface area contributed by atoms with E-state index >= 15 is 0 Å². The van der Waals surface area contributed by atoms with E-state index in [-0.39, 0.29) is 18.0 Å². The Morgan fingerprint density at radius 1 is 1.25 bits per heavy atom. The maximum atomic E-state index is 12.6. The minimum Gasteiger partial charge on any atom is -0.497 e. The molecule has 1 aromatic carbocycles. The van der Waals surface area contributed by atoms with Gasteiger partial charge in [0.15, 0.2) is 0 Å². The van der Waals surface area contributed by atoms with Crippen LogP contribution in [-0.4, -0.2) is 51.5 Å². The fourth-order valence-corrected chi connectivity index (χ4v) is 5.53. The van der Waals surface area contributed by atoms with Crippen LogP contribution in [0.2, 0.25) is 0 Å². The summed E-state index contributed by atoms with van der Waals surface area (Å²) in [5, 5.41) is 4.66. The summed E-state index contributed by atoms with van der Waals surface area (Å²) < 4.78 is 33.0. The highest BCUT2D eigenvalue weighted by molar-refractivity contribution is 7.91. The van der Waals surface area contributed by atoms with Gasteiger partial charge < -0.3 is 10.1 Å². The van der Waals surface area contributed by atoms with Gasteiger partial charge in [-0.2, -0.15) is 0 Å². The van der Waals surface area contributed by atoms with Crippen LogP contribution >= 0.6 is 11.3 Å². The average Bonchev–Trinajstić information content (AvgIpc) is 3.24. The molecule has 2 aromatic rings. The van der Waals surface area contributed by atoms with E-state index < -0.39 is 10.0 Å². The van der Waals surface area contributed by atoms with Crippen LogP contribution in [0.1, 0.15) is 19.8 Å². The summed E-state index contributed by atoms with van der Waals surface area (Å²) in [6.45, 7) is 3.18. The van der Waals surface area contributed by atoms with Crippen molar-refractivity contribution in [3.8, 4) is 5.75 Å². The van der Waals surface area contributed by atoms with Gasteiger partial charge in [-0.15, -0.1) is 11.3 Å². The molecule has 1 saturated heterocycles. The van der Waals surface area contributed by atoms with Gasteiger partial charge in [-0.1, -0.05) is 12.1 Å². The predicted octanol–water partition coefficient (Wildman–Crippen LogP) is 2.53. The number of nitrogens with zero attached hydrogens (tertiary/aromatic N) is 1. The van der Waals surface area contributed by atoms with Crippen molar-refractivity contribution in [1.82, 2.24) is 9.62 Å². The van der Waals surface area contributed by atoms with E-state index in [1.54, 1.807) is 30.7 Å². The highest BCUT2D eigenvalue weighted by atomic mass is 32.2. The van der Waals surface area contributed by atoms with Crippen molar-refractivity contribution in [2.24, 2.45) is 0 Å². The van der Waals surface area contributed by atoms with Crippen LogP contribution in [0, 0.1) is 0 Å². The van der Waals surface area contributed by atoms with Gasteiger partial charge in [0.05, 0.1) is 13.2 Å². The van der Waals surface area contributed by atoms with Crippen molar-refractivity contribution < 1.29 is 17.9 Å². The third kappa shape index (κ3) is 5.11. The second-order valence-electron chi connectivity index (χ2n) is 6.76. The molecule has 0 unspecified atom stereocenters. The third-order valence-electron chi connectivity index (χ3n) is 4.88. The van der Waals surface area contributed by atoms with Crippen molar-refractivity contribution in [1.29, 1.82) is 0 Å². The monoisotopic (exact) mass is 423 g/mol. The SMILES string of the molecule is COc1cccc(NC(=O)[C@H](C)N2CCC(NS(=O)(=O)c3cccs3)CC2)c1. The van der Waals surface area contributed by atoms with Gasteiger partial charge in [0.25, 0.3) is 0 Å². The van der Waals surface area contributed by atoms with Gasteiger partial charge in [0.1, 0.15) is 9.96 Å². The van der Waals surface area contributed by atoms with Crippen LogP contribution in [-0.2, 0) is 14.8 Å². The van der Waals surface area contributed by atoms with E-state index in [0.717, 1.165) is 0 Å². The summed E-state index contributed by atoms with van der Waals surface area (Å²) in [7, 11) is -1.88. The quantitative estimate of drug-likeness (QED) is 0.715. The van der Waals surface area contributed by atoms with Crippen molar-refractivity contribution in [3.63, 3.8) is 0 Å². The highest BCUT2D eigenvalue weighted by Gasteiger charge is 2.29. The molecule has 1 amide bonds. The number of thiophene rings is 1. The van der Waals surface area contributed by atoms with Gasteiger partial charge in [0, 0.05) is 30.9 Å². The molecule has 0 radical (unpaired) electrons. The van der Waals surface area contributed by atoms with E-state index in [1.165, 1.54) is 11.3 Å². The lowest BCUT2D eigenvalue weighted by atomic mass is 10.0. The van der Waals surface area contributed by atoms with E-state index in [1.807, 2.05) is 25.1 Å². The maximum Gasteiger partial charge on any atom is 0.250 e. The van der Waals surface area contributed by atoms with Gasteiger partial charge in [0.2, 0.25) is 15.9 Å². The lowest BCUT2D eigenvalue weighted by molar-refractivity contribution is -0.121. The first-order valence-electron chi connectivity index (χ1n) is 9.14. The number of hydrogen-bond donors (Lipinski definition) is 2. The molecule has 0 aliphatic carbocycles. The fraction of sp³-hybridized carbons (Fsp3) is 0.421. The van der Waals surface area contributed by atoms with Crippen molar-refractivity contribution >= 4 is 33.0 Å². The lowest BCUT2D eigenvalue weighted by Crippen LogP contribution is -2.50. The first-order chi connectivity index (χ1) is 13.4. The Bertz CT molecular complexity index is 892. The second-order valence-corrected chi connectivity index (χ2v) is 9.65. The first-order valence-corrected chi connectivity index (χ1v) is 11.5. The maximum absolute atomic E-state index is 12.6. The number of sulfonamides is 1. The van der Waals surface area contributed by atoms with Crippen molar-refractivity contribution in [2.45, 2.75) is 36.1 Å². The Kier molecular flexibility index (Phi) is 6.71. The fourth-order valence-electron chi connectivity index (χ4n) is 3.21. The molecule has 1 atom stereocenters. The number of ether oxygens (including phenoxy) is 1. The molecule has 1 aromatic heterocycles. The molecule has 0 saturated carbocycles. The number of benzene rings is 1. The van der Waals surface area contributed by atoms with Crippen molar-refractivity contribution in [3.05, 3.63) is 41.8 Å². The zero-order valence-electron chi connectivity index (χ0n) is 15.9. The average molecular weight is 424 g/mol. The number of amides is 1. The smallest absolute Gasteiger partial charge is 0.250 e. The van der Waals surface area contributed by atoms with Crippen LogP contribution in [0.25, 0.3) is 0 Å². The number of piperidine rings is 1. The molecule has 2 N–H and O–H groups in total. The van der Waals surface area contributed by atoms with Crippen LogP contribution < -0.4 is 14.8 Å². The molecule has 7 nitrogen and oxygen atoms in total. The van der Waals surface area contributed by atoms with E-state index in [4.69, 9.17) is 4.74 Å². The van der Waals surface area contributed by atoms with E-state index in [2.05, 4.69) is 14.9 Å². The molecule has 1 aliphatic rings. The van der Waals surface area contributed by atoms with E-state index in [9.17, 15) is 13.2 Å². The van der Waals surface area contributed by atoms with Crippen LogP contribution in [0.5, 0.6) is 5.75 Å². The molecule has 28 heavy (non-hydrogen) atoms. The summed E-state index contributed by atoms with van der Waals surface area (Å²) in [6, 6.07) is 10.1. The molecule has 1 aliphatic heterocycles. The van der Waals surface area contributed by atoms with Crippen LogP contribution in [0.15, 0.2) is 46.0 Å². The topological polar surface area (TPSA) is 87.7 Å². The largest absolute Gasteiger partial charge is 0.497 e. The number of hydrogen-bond acceptors (Lipinski definition) is 6. The summed E-state index contributed by atoms with van der Waals surface area (Å²) in [5.41, 5.74) is 0.690. The highest BCUT2D eigenvalue weighted by Crippen LogP contribution is 2.21. The normalized spacial score (nSPS) is 17.2. The Balaban J connectivity index is 1.51. The summed E-state index contributed by atoms with van der Waals surface area (Å²) in [4.78, 5) is 14.6. The van der Waals surface area contributed by atoms with Gasteiger partial charge >= 0.3 is 0 Å². The Morgan fingerprint density at radius 2 is 2.00 bits per heavy atom. The lowest BCUT2D eigenvalue weighted by Gasteiger charge is -2.35. The Hall–Kier alpha value is -1.94. The summed E-state index contributed by atoms with van der Waals surface area (Å²) in [6.07, 6.45) is 1.34. The Labute approximate surface area is 169 Å². The zero-order chi connectivity index (χ0) is 20.1. The number of carbonyl (C=O) groups is 1. The molecule has 9 heteroatoms. The number of likely N-dealkylation sites (tertiary alicyclic amines) is 1. The molecular weight excluding hydrogens is 398 g/mol. The number of carbonyl (C=O) groups excluding carboxylic acids is 1. The zero-order valence-corrected chi connectivity index (χ0v) is 17.6. The van der Waals surface area contributed by atoms with Crippen LogP contribution in [0.3, 0.4) is 0 Å². The van der Waals surface area contributed by atoms with Gasteiger partial charge in [-0.05, 0) is 43.3 Å². The summed E-state index contributed by atoms with van der Waals surface area (Å²) >= 11 is 1.21. The molecule has 1 fully saturated rings. The van der Waals surface area contributed by atoms with Gasteiger partial charge in [-0.25, -0.2) is 13.1 Å². The molecule has 152 valence electrons. The first kappa shape index (κ1) is 20.8.